The SMILES string of the molecule is CC(C)(C)Nc1ccc2nc(C3=NC(C(=O)O)CS3)sc2c1. The number of hydrogen-bond donors (Lipinski definition) is 2. The molecule has 1 aromatic carbocycles. The number of nitrogens with zero attached hydrogens (tertiary/aromatic N) is 2. The van der Waals surface area contributed by atoms with E-state index in [1.54, 1.807) is 11.3 Å². The fraction of sp³-hybridized carbons (Fsp3) is 0.400. The van der Waals surface area contributed by atoms with Crippen LogP contribution >= 0.6 is 23.1 Å². The molecule has 1 aliphatic rings. The number of anilines is 1. The number of carboxylic acid groups (broad SMARTS) is 1. The van der Waals surface area contributed by atoms with Gasteiger partial charge in [0.2, 0.25) is 0 Å². The Labute approximate surface area is 136 Å². The molecule has 1 unspecified atom stereocenters. The number of nitrogens with one attached hydrogen (secondary N) is 1. The smallest absolute Gasteiger partial charge is 0.329 e. The van der Waals surface area contributed by atoms with Crippen molar-refractivity contribution < 1.29 is 9.90 Å². The van der Waals surface area contributed by atoms with Crippen molar-refractivity contribution in [3.05, 3.63) is 23.2 Å². The Morgan fingerprint density at radius 1 is 1.41 bits per heavy atom. The molecule has 0 amide bonds. The number of thioether (sulfide) groups is 1. The van der Waals surface area contributed by atoms with Crippen LogP contribution in [0.3, 0.4) is 0 Å². The van der Waals surface area contributed by atoms with Gasteiger partial charge in [0.05, 0.1) is 10.2 Å². The Morgan fingerprint density at radius 2 is 2.18 bits per heavy atom. The second kappa shape index (κ2) is 5.55. The van der Waals surface area contributed by atoms with Gasteiger partial charge in [0.1, 0.15) is 10.1 Å². The zero-order valence-electron chi connectivity index (χ0n) is 12.6. The highest BCUT2D eigenvalue weighted by Gasteiger charge is 2.26. The lowest BCUT2D eigenvalue weighted by Gasteiger charge is -2.21. The number of aliphatic carboxylic acids is 1. The molecule has 2 N–H and O–H groups in total. The van der Waals surface area contributed by atoms with Crippen LogP contribution in [0.4, 0.5) is 5.69 Å². The van der Waals surface area contributed by atoms with Crippen molar-refractivity contribution in [2.24, 2.45) is 4.99 Å². The normalized spacial score (nSPS) is 18.5. The third kappa shape index (κ3) is 3.25. The second-order valence-corrected chi connectivity index (χ2v) is 8.22. The van der Waals surface area contributed by atoms with Crippen LogP contribution in [0.25, 0.3) is 10.2 Å². The van der Waals surface area contributed by atoms with E-state index in [2.05, 4.69) is 42.1 Å². The van der Waals surface area contributed by atoms with Crippen molar-refractivity contribution in [3.8, 4) is 0 Å². The number of carbonyl (C=O) groups is 1. The highest BCUT2D eigenvalue weighted by molar-refractivity contribution is 8.15. The van der Waals surface area contributed by atoms with Crippen LogP contribution in [0.5, 0.6) is 0 Å². The number of rotatable bonds is 3. The molecule has 0 fully saturated rings. The Hall–Kier alpha value is -1.60. The van der Waals surface area contributed by atoms with Crippen molar-refractivity contribution >= 4 is 50.0 Å². The summed E-state index contributed by atoms with van der Waals surface area (Å²) < 4.78 is 1.08. The highest BCUT2D eigenvalue weighted by atomic mass is 32.2. The van der Waals surface area contributed by atoms with Crippen molar-refractivity contribution in [1.29, 1.82) is 0 Å². The molecule has 5 nitrogen and oxygen atoms in total. The average Bonchev–Trinajstić information content (AvgIpc) is 3.02. The molecular weight excluding hydrogens is 318 g/mol. The minimum Gasteiger partial charge on any atom is -0.480 e. The summed E-state index contributed by atoms with van der Waals surface area (Å²) in [6.45, 7) is 6.35. The van der Waals surface area contributed by atoms with Crippen molar-refractivity contribution in [1.82, 2.24) is 4.98 Å². The molecule has 0 saturated heterocycles. The predicted molar refractivity (Wildman–Crippen MR) is 93.4 cm³/mol. The average molecular weight is 335 g/mol. The van der Waals surface area contributed by atoms with Gasteiger partial charge in [-0.2, -0.15) is 0 Å². The third-order valence-electron chi connectivity index (χ3n) is 3.03. The number of hydrogen-bond acceptors (Lipinski definition) is 6. The summed E-state index contributed by atoms with van der Waals surface area (Å²) in [5.41, 5.74) is 1.97. The van der Waals surface area contributed by atoms with E-state index in [-0.39, 0.29) is 5.54 Å². The maximum Gasteiger partial charge on any atom is 0.329 e. The first kappa shape index (κ1) is 15.3. The molecule has 0 radical (unpaired) electrons. The zero-order valence-corrected chi connectivity index (χ0v) is 14.2. The molecule has 1 atom stereocenters. The molecular formula is C15H17N3O2S2. The van der Waals surface area contributed by atoms with Crippen LogP contribution in [-0.2, 0) is 4.79 Å². The molecule has 0 aliphatic carbocycles. The van der Waals surface area contributed by atoms with Crippen LogP contribution in [0.2, 0.25) is 0 Å². The molecule has 7 heteroatoms. The summed E-state index contributed by atoms with van der Waals surface area (Å²) in [5, 5.41) is 14.0. The highest BCUT2D eigenvalue weighted by Crippen LogP contribution is 2.31. The van der Waals surface area contributed by atoms with Gasteiger partial charge >= 0.3 is 5.97 Å². The lowest BCUT2D eigenvalue weighted by atomic mass is 10.1. The van der Waals surface area contributed by atoms with Gasteiger partial charge in [-0.1, -0.05) is 0 Å². The summed E-state index contributed by atoms with van der Waals surface area (Å²) in [6.07, 6.45) is 0. The lowest BCUT2D eigenvalue weighted by molar-refractivity contribution is -0.137. The predicted octanol–water partition coefficient (Wildman–Crippen LogP) is 3.45. The first-order chi connectivity index (χ1) is 10.3. The standard InChI is InChI=1S/C15H17N3O2S2/c1-15(2,3)18-8-4-5-9-11(6-8)22-13(16-9)12-17-10(7-21-12)14(19)20/h4-6,10,18H,7H2,1-3H3,(H,19,20). The minimum absolute atomic E-state index is 0.00128. The summed E-state index contributed by atoms with van der Waals surface area (Å²) in [7, 11) is 0. The van der Waals surface area contributed by atoms with Gasteiger partial charge in [0.25, 0.3) is 0 Å². The minimum atomic E-state index is -0.875. The van der Waals surface area contributed by atoms with Gasteiger partial charge in [-0.3, -0.25) is 4.99 Å². The van der Waals surface area contributed by atoms with Gasteiger partial charge in [-0.25, -0.2) is 9.78 Å². The van der Waals surface area contributed by atoms with E-state index < -0.39 is 12.0 Å². The van der Waals surface area contributed by atoms with Gasteiger partial charge in [0, 0.05) is 17.0 Å². The van der Waals surface area contributed by atoms with E-state index in [0.717, 1.165) is 26.0 Å². The van der Waals surface area contributed by atoms with Gasteiger partial charge < -0.3 is 10.4 Å². The molecule has 22 heavy (non-hydrogen) atoms. The summed E-state index contributed by atoms with van der Waals surface area (Å²) in [5.74, 6) is -0.391. The molecule has 1 aromatic heterocycles. The Bertz CT molecular complexity index is 762. The molecule has 116 valence electrons. The monoisotopic (exact) mass is 335 g/mol. The molecule has 1 aliphatic heterocycles. The summed E-state index contributed by atoms with van der Waals surface area (Å²) in [6, 6.07) is 5.43. The molecule has 3 rings (SSSR count). The number of aromatic nitrogens is 1. The van der Waals surface area contributed by atoms with E-state index in [4.69, 9.17) is 5.11 Å². The first-order valence-electron chi connectivity index (χ1n) is 6.94. The topological polar surface area (TPSA) is 74.6 Å². The third-order valence-corrected chi connectivity index (χ3v) is 5.24. The summed E-state index contributed by atoms with van der Waals surface area (Å²) >= 11 is 3.02. The van der Waals surface area contributed by atoms with Crippen LogP contribution in [0.1, 0.15) is 25.8 Å². The van der Waals surface area contributed by atoms with Crippen molar-refractivity contribution in [3.63, 3.8) is 0 Å². The number of carboxylic acids is 1. The molecule has 2 heterocycles. The number of benzene rings is 1. The zero-order chi connectivity index (χ0) is 15.9. The number of aliphatic imine (C=N–C) groups is 1. The van der Waals surface area contributed by atoms with Crippen LogP contribution < -0.4 is 5.32 Å². The van der Waals surface area contributed by atoms with Crippen LogP contribution in [-0.4, -0.2) is 38.4 Å². The van der Waals surface area contributed by atoms with E-state index in [9.17, 15) is 4.79 Å². The fourth-order valence-electron chi connectivity index (χ4n) is 2.14. The Kier molecular flexibility index (Phi) is 3.86. The molecule has 0 saturated carbocycles. The summed E-state index contributed by atoms with van der Waals surface area (Å²) in [4.78, 5) is 19.8. The fourth-order valence-corrected chi connectivity index (χ4v) is 4.25. The van der Waals surface area contributed by atoms with Crippen molar-refractivity contribution in [2.45, 2.75) is 32.4 Å². The first-order valence-corrected chi connectivity index (χ1v) is 8.74. The van der Waals surface area contributed by atoms with Crippen LogP contribution in [0.15, 0.2) is 23.2 Å². The maximum absolute atomic E-state index is 11.0. The van der Waals surface area contributed by atoms with E-state index in [0.29, 0.717) is 5.75 Å². The Balaban J connectivity index is 1.90. The molecule has 2 aromatic rings. The quantitative estimate of drug-likeness (QED) is 0.898. The lowest BCUT2D eigenvalue weighted by Crippen LogP contribution is -2.25. The molecule has 0 bridgehead atoms. The Morgan fingerprint density at radius 3 is 2.82 bits per heavy atom. The van der Waals surface area contributed by atoms with E-state index in [1.807, 2.05) is 12.1 Å². The number of fused-ring (bicyclic) bond motifs is 1. The number of thiazole rings is 1. The maximum atomic E-state index is 11.0. The van der Waals surface area contributed by atoms with Crippen LogP contribution in [0, 0.1) is 0 Å². The second-order valence-electron chi connectivity index (χ2n) is 6.18. The largest absolute Gasteiger partial charge is 0.480 e. The molecule has 0 spiro atoms. The van der Waals surface area contributed by atoms with Gasteiger partial charge in [0.15, 0.2) is 6.04 Å². The van der Waals surface area contributed by atoms with Crippen molar-refractivity contribution in [2.75, 3.05) is 11.1 Å². The van der Waals surface area contributed by atoms with Gasteiger partial charge in [-0.15, -0.1) is 23.1 Å². The van der Waals surface area contributed by atoms with E-state index in [1.165, 1.54) is 11.8 Å². The van der Waals surface area contributed by atoms with E-state index >= 15 is 0 Å². The van der Waals surface area contributed by atoms with Gasteiger partial charge in [-0.05, 0) is 39.0 Å².